The van der Waals surface area contributed by atoms with Gasteiger partial charge in [-0.2, -0.15) is 5.10 Å². The minimum absolute atomic E-state index is 0.0766. The molecule has 2 N–H and O–H groups in total. The molecule has 150 valence electrons. The van der Waals surface area contributed by atoms with Crippen LogP contribution in [0.25, 0.3) is 0 Å². The second-order valence-electron chi connectivity index (χ2n) is 8.06. The Morgan fingerprint density at radius 2 is 1.89 bits per heavy atom. The molecule has 0 unspecified atom stereocenters. The molecule has 0 aromatic carbocycles. The number of amides is 1. The lowest BCUT2D eigenvalue weighted by molar-refractivity contribution is 0.0699. The number of hydrogen-bond donors (Lipinski definition) is 1. The van der Waals surface area contributed by atoms with E-state index in [0.29, 0.717) is 24.8 Å². The van der Waals surface area contributed by atoms with E-state index in [2.05, 4.69) is 26.0 Å². The number of anilines is 1. The van der Waals surface area contributed by atoms with Crippen molar-refractivity contribution in [1.29, 1.82) is 0 Å². The zero-order valence-electron chi connectivity index (χ0n) is 16.9. The Hall–Kier alpha value is -2.48. The van der Waals surface area contributed by atoms with E-state index < -0.39 is 0 Å². The molecule has 0 aliphatic carbocycles. The van der Waals surface area contributed by atoms with Crippen LogP contribution >= 0.6 is 0 Å². The summed E-state index contributed by atoms with van der Waals surface area (Å²) in [5.74, 6) is 1.49. The van der Waals surface area contributed by atoms with Gasteiger partial charge >= 0.3 is 0 Å². The Labute approximate surface area is 165 Å². The zero-order valence-corrected chi connectivity index (χ0v) is 16.9. The Morgan fingerprint density at radius 3 is 2.50 bits per heavy atom. The fourth-order valence-electron chi connectivity index (χ4n) is 4.17. The van der Waals surface area contributed by atoms with E-state index in [-0.39, 0.29) is 11.9 Å². The first-order valence-corrected chi connectivity index (χ1v) is 10.1. The Morgan fingerprint density at radius 1 is 1.14 bits per heavy atom. The molecule has 2 aromatic heterocycles. The molecule has 2 aliphatic heterocycles. The number of aromatic nitrogens is 4. The summed E-state index contributed by atoms with van der Waals surface area (Å²) in [4.78, 5) is 26.3. The summed E-state index contributed by atoms with van der Waals surface area (Å²) in [6.45, 7) is 7.03. The van der Waals surface area contributed by atoms with E-state index in [4.69, 9.17) is 5.73 Å². The van der Waals surface area contributed by atoms with E-state index in [1.807, 2.05) is 36.7 Å². The topological polar surface area (TPSA) is 93.2 Å². The van der Waals surface area contributed by atoms with Crippen molar-refractivity contribution in [2.45, 2.75) is 45.1 Å². The van der Waals surface area contributed by atoms with Gasteiger partial charge in [0.15, 0.2) is 0 Å². The molecule has 4 heterocycles. The smallest absolute Gasteiger partial charge is 0.291 e. The predicted octanol–water partition coefficient (Wildman–Crippen LogP) is 1.38. The number of piperidine rings is 1. The number of aryl methyl sites for hydroxylation is 2. The van der Waals surface area contributed by atoms with Crippen molar-refractivity contribution < 1.29 is 4.79 Å². The van der Waals surface area contributed by atoms with Crippen LogP contribution in [0.1, 0.15) is 52.8 Å². The number of hydrogen-bond acceptors (Lipinski definition) is 6. The molecule has 8 nitrogen and oxygen atoms in total. The molecule has 28 heavy (non-hydrogen) atoms. The molecule has 0 saturated carbocycles. The molecular formula is C20H29N7O. The minimum atomic E-state index is -0.0766. The monoisotopic (exact) mass is 383 g/mol. The van der Waals surface area contributed by atoms with Gasteiger partial charge in [0, 0.05) is 62.6 Å². The van der Waals surface area contributed by atoms with Gasteiger partial charge in [-0.1, -0.05) is 0 Å². The van der Waals surface area contributed by atoms with E-state index in [1.54, 1.807) is 0 Å². The summed E-state index contributed by atoms with van der Waals surface area (Å²) in [6, 6.07) is 2.24. The molecule has 0 spiro atoms. The third-order valence-electron chi connectivity index (χ3n) is 6.01. The standard InChI is InChI=1S/C20H29N7O/c1-13-14(2)22-18(23-19(13)27-11-6-16(21)12-27)20(28)26-9-4-15(5-10-26)17-7-8-25(3)24-17/h7-8,15-16H,4-6,9-12,21H2,1-3H3/t16-/m1/s1. The van der Waals surface area contributed by atoms with Crippen LogP contribution in [0.2, 0.25) is 0 Å². The van der Waals surface area contributed by atoms with Gasteiger partial charge in [-0.25, -0.2) is 9.97 Å². The molecule has 0 radical (unpaired) electrons. The van der Waals surface area contributed by atoms with Crippen LogP contribution in [0.5, 0.6) is 0 Å². The lowest BCUT2D eigenvalue weighted by Gasteiger charge is -2.31. The van der Waals surface area contributed by atoms with Crippen molar-refractivity contribution in [3.8, 4) is 0 Å². The molecule has 2 aromatic rings. The predicted molar refractivity (Wildman–Crippen MR) is 107 cm³/mol. The second kappa shape index (κ2) is 7.50. The van der Waals surface area contributed by atoms with E-state index in [1.165, 1.54) is 0 Å². The van der Waals surface area contributed by atoms with Gasteiger partial charge < -0.3 is 15.5 Å². The summed E-state index contributed by atoms with van der Waals surface area (Å²) in [6.07, 6.45) is 4.76. The van der Waals surface area contributed by atoms with Crippen molar-refractivity contribution in [1.82, 2.24) is 24.6 Å². The van der Waals surface area contributed by atoms with Gasteiger partial charge in [0.2, 0.25) is 5.82 Å². The highest BCUT2D eigenvalue weighted by atomic mass is 16.2. The highest BCUT2D eigenvalue weighted by Crippen LogP contribution is 2.28. The molecule has 1 amide bonds. The van der Waals surface area contributed by atoms with Crippen LogP contribution in [0.3, 0.4) is 0 Å². The number of nitrogens with two attached hydrogens (primary N) is 1. The molecule has 2 fully saturated rings. The summed E-state index contributed by atoms with van der Waals surface area (Å²) in [7, 11) is 1.93. The van der Waals surface area contributed by atoms with Crippen molar-refractivity contribution in [2.75, 3.05) is 31.1 Å². The maximum absolute atomic E-state index is 13.1. The first kappa shape index (κ1) is 18.9. The van der Waals surface area contributed by atoms with Gasteiger partial charge in [-0.3, -0.25) is 9.48 Å². The third kappa shape index (κ3) is 3.61. The van der Waals surface area contributed by atoms with Crippen LogP contribution in [0.15, 0.2) is 12.3 Å². The molecule has 8 heteroatoms. The van der Waals surface area contributed by atoms with Gasteiger partial charge in [0.1, 0.15) is 5.82 Å². The van der Waals surface area contributed by atoms with E-state index in [0.717, 1.165) is 55.1 Å². The zero-order chi connectivity index (χ0) is 19.8. The van der Waals surface area contributed by atoms with Crippen LogP contribution in [0.4, 0.5) is 5.82 Å². The Kier molecular flexibility index (Phi) is 5.05. The van der Waals surface area contributed by atoms with Crippen molar-refractivity contribution in [3.63, 3.8) is 0 Å². The maximum atomic E-state index is 13.1. The lowest BCUT2D eigenvalue weighted by Crippen LogP contribution is -2.39. The largest absolute Gasteiger partial charge is 0.355 e. The van der Waals surface area contributed by atoms with E-state index >= 15 is 0 Å². The van der Waals surface area contributed by atoms with Gasteiger partial charge in [-0.05, 0) is 39.2 Å². The van der Waals surface area contributed by atoms with Crippen LogP contribution in [0, 0.1) is 13.8 Å². The molecule has 2 saturated heterocycles. The van der Waals surface area contributed by atoms with Gasteiger partial charge in [0.05, 0.1) is 5.69 Å². The molecule has 4 rings (SSSR count). The third-order valence-corrected chi connectivity index (χ3v) is 6.01. The van der Waals surface area contributed by atoms with Gasteiger partial charge in [-0.15, -0.1) is 0 Å². The Balaban J connectivity index is 1.48. The van der Waals surface area contributed by atoms with Crippen LogP contribution < -0.4 is 10.6 Å². The SMILES string of the molecule is Cc1nc(C(=O)N2CCC(c3ccn(C)n3)CC2)nc(N2CC[C@@H](N)C2)c1C. The van der Waals surface area contributed by atoms with Crippen LogP contribution in [-0.2, 0) is 7.05 Å². The average molecular weight is 384 g/mol. The molecule has 0 bridgehead atoms. The number of carbonyl (C=O) groups excluding carboxylic acids is 1. The summed E-state index contributed by atoms with van der Waals surface area (Å²) in [5, 5.41) is 4.52. The highest BCUT2D eigenvalue weighted by Gasteiger charge is 2.29. The number of carbonyl (C=O) groups is 1. The Bertz CT molecular complexity index is 869. The normalized spacial score (nSPS) is 20.8. The summed E-state index contributed by atoms with van der Waals surface area (Å²) >= 11 is 0. The lowest BCUT2D eigenvalue weighted by atomic mass is 9.93. The number of rotatable bonds is 3. The molecular weight excluding hydrogens is 354 g/mol. The quantitative estimate of drug-likeness (QED) is 0.861. The summed E-state index contributed by atoms with van der Waals surface area (Å²) in [5.41, 5.74) is 9.06. The van der Waals surface area contributed by atoms with E-state index in [9.17, 15) is 4.79 Å². The average Bonchev–Trinajstić information content (AvgIpc) is 3.32. The maximum Gasteiger partial charge on any atom is 0.291 e. The minimum Gasteiger partial charge on any atom is -0.355 e. The first-order valence-electron chi connectivity index (χ1n) is 10.1. The summed E-state index contributed by atoms with van der Waals surface area (Å²) < 4.78 is 1.83. The molecule has 2 aliphatic rings. The van der Waals surface area contributed by atoms with Crippen LogP contribution in [-0.4, -0.2) is 62.8 Å². The molecule has 1 atom stereocenters. The second-order valence-corrected chi connectivity index (χ2v) is 8.06. The van der Waals surface area contributed by atoms with Crippen molar-refractivity contribution in [2.24, 2.45) is 12.8 Å². The van der Waals surface area contributed by atoms with Crippen molar-refractivity contribution >= 4 is 11.7 Å². The fraction of sp³-hybridized carbons (Fsp3) is 0.600. The fourth-order valence-corrected chi connectivity index (χ4v) is 4.17. The van der Waals surface area contributed by atoms with Gasteiger partial charge in [0.25, 0.3) is 5.91 Å². The number of likely N-dealkylation sites (tertiary alicyclic amines) is 1. The highest BCUT2D eigenvalue weighted by molar-refractivity contribution is 5.91. The first-order chi connectivity index (χ1) is 13.4. The number of nitrogens with zero attached hydrogens (tertiary/aromatic N) is 6. The van der Waals surface area contributed by atoms with Crippen molar-refractivity contribution in [3.05, 3.63) is 35.0 Å².